The zero-order valence-electron chi connectivity index (χ0n) is 19.7. The summed E-state index contributed by atoms with van der Waals surface area (Å²) in [6, 6.07) is 13.9. The van der Waals surface area contributed by atoms with Crippen molar-refractivity contribution < 1.29 is 9.59 Å². The van der Waals surface area contributed by atoms with Gasteiger partial charge in [-0.15, -0.1) is 0 Å². The summed E-state index contributed by atoms with van der Waals surface area (Å²) in [6.45, 7) is 3.99. The van der Waals surface area contributed by atoms with E-state index in [-0.39, 0.29) is 17.7 Å². The van der Waals surface area contributed by atoms with Crippen molar-refractivity contribution in [3.05, 3.63) is 65.6 Å². The Morgan fingerprint density at radius 1 is 1.00 bits per heavy atom. The molecule has 1 N–H and O–H groups in total. The lowest BCUT2D eigenvalue weighted by molar-refractivity contribution is -0.121. The Labute approximate surface area is 200 Å². The molecule has 0 saturated carbocycles. The third-order valence-electron chi connectivity index (χ3n) is 6.92. The van der Waals surface area contributed by atoms with Crippen molar-refractivity contribution in [2.75, 3.05) is 18.4 Å². The van der Waals surface area contributed by atoms with E-state index in [1.807, 2.05) is 42.2 Å². The molecule has 0 atom stereocenters. The number of nitrogens with zero attached hydrogens (tertiary/aromatic N) is 4. The van der Waals surface area contributed by atoms with Crippen molar-refractivity contribution in [3.63, 3.8) is 0 Å². The second kappa shape index (κ2) is 9.79. The molecule has 176 valence electrons. The van der Waals surface area contributed by atoms with E-state index in [4.69, 9.17) is 4.98 Å². The molecule has 2 amide bonds. The van der Waals surface area contributed by atoms with Crippen LogP contribution in [0.1, 0.15) is 53.8 Å². The number of amides is 2. The molecule has 2 aliphatic heterocycles. The molecule has 7 nitrogen and oxygen atoms in total. The van der Waals surface area contributed by atoms with Gasteiger partial charge in [0.1, 0.15) is 17.3 Å². The summed E-state index contributed by atoms with van der Waals surface area (Å²) in [5.41, 5.74) is 3.75. The van der Waals surface area contributed by atoms with Crippen molar-refractivity contribution in [2.24, 2.45) is 5.92 Å². The SMILES string of the molecule is Cc1ccnc(NC(=O)C2CCN(C(=O)c3nc(-c4ccccc4)n4c3CCCCC4)CC2)c1. The summed E-state index contributed by atoms with van der Waals surface area (Å²) in [4.78, 5) is 37.3. The standard InChI is InChI=1S/C27H31N5O2/c1-19-11-14-28-23(18-19)29-26(33)21-12-16-31(17-13-21)27(34)24-22-10-6-3-7-15-32(22)25(30-24)20-8-4-2-5-9-20/h2,4-5,8-9,11,14,18,21H,3,6-7,10,12-13,15-17H2,1H3,(H,28,29,33). The minimum Gasteiger partial charge on any atom is -0.337 e. The molecule has 7 heteroatoms. The first kappa shape index (κ1) is 22.3. The fourth-order valence-electron chi connectivity index (χ4n) is 5.03. The largest absolute Gasteiger partial charge is 0.337 e. The van der Waals surface area contributed by atoms with Gasteiger partial charge in [-0.2, -0.15) is 0 Å². The average molecular weight is 458 g/mol. The Balaban J connectivity index is 1.30. The van der Waals surface area contributed by atoms with E-state index in [9.17, 15) is 9.59 Å². The molecular weight excluding hydrogens is 426 g/mol. The number of aromatic nitrogens is 3. The molecule has 2 aromatic heterocycles. The molecule has 0 aliphatic carbocycles. The van der Waals surface area contributed by atoms with Crippen LogP contribution in [0.3, 0.4) is 0 Å². The monoisotopic (exact) mass is 457 g/mol. The molecule has 3 aromatic rings. The zero-order valence-corrected chi connectivity index (χ0v) is 19.7. The van der Waals surface area contributed by atoms with E-state index in [0.29, 0.717) is 37.4 Å². The van der Waals surface area contributed by atoms with Gasteiger partial charge in [0.15, 0.2) is 0 Å². The number of aryl methyl sites for hydroxylation is 1. The normalized spacial score (nSPS) is 16.6. The fraction of sp³-hybridized carbons (Fsp3) is 0.407. The van der Waals surface area contributed by atoms with Gasteiger partial charge in [-0.05, 0) is 56.7 Å². The number of anilines is 1. The van der Waals surface area contributed by atoms with Gasteiger partial charge in [-0.3, -0.25) is 9.59 Å². The molecule has 4 heterocycles. The zero-order chi connectivity index (χ0) is 23.5. The van der Waals surface area contributed by atoms with Crippen LogP contribution in [0.25, 0.3) is 11.4 Å². The maximum absolute atomic E-state index is 13.6. The third kappa shape index (κ3) is 4.60. The van der Waals surface area contributed by atoms with Gasteiger partial charge in [0.25, 0.3) is 5.91 Å². The van der Waals surface area contributed by atoms with Gasteiger partial charge in [0.05, 0.1) is 5.69 Å². The van der Waals surface area contributed by atoms with Crippen LogP contribution in [0.4, 0.5) is 5.82 Å². The Morgan fingerprint density at radius 3 is 2.56 bits per heavy atom. The number of piperidine rings is 1. The van der Waals surface area contributed by atoms with Crippen LogP contribution >= 0.6 is 0 Å². The second-order valence-electron chi connectivity index (χ2n) is 9.33. The Hall–Kier alpha value is -3.48. The third-order valence-corrected chi connectivity index (χ3v) is 6.92. The van der Waals surface area contributed by atoms with E-state index in [2.05, 4.69) is 27.0 Å². The van der Waals surface area contributed by atoms with Gasteiger partial charge >= 0.3 is 0 Å². The smallest absolute Gasteiger partial charge is 0.274 e. The molecule has 1 fully saturated rings. The molecule has 0 spiro atoms. The van der Waals surface area contributed by atoms with E-state index in [1.165, 1.54) is 6.42 Å². The Kier molecular flexibility index (Phi) is 6.43. The topological polar surface area (TPSA) is 80.1 Å². The molecule has 0 unspecified atom stereocenters. The molecular formula is C27H31N5O2. The van der Waals surface area contributed by atoms with E-state index in [1.54, 1.807) is 6.20 Å². The van der Waals surface area contributed by atoms with Gasteiger partial charge in [0, 0.05) is 37.3 Å². The number of fused-ring (bicyclic) bond motifs is 1. The number of hydrogen-bond donors (Lipinski definition) is 1. The van der Waals surface area contributed by atoms with Crippen LogP contribution in [0.15, 0.2) is 48.7 Å². The summed E-state index contributed by atoms with van der Waals surface area (Å²) in [5.74, 6) is 1.32. The number of nitrogens with one attached hydrogen (secondary N) is 1. The summed E-state index contributed by atoms with van der Waals surface area (Å²) >= 11 is 0. The van der Waals surface area contributed by atoms with Crippen molar-refractivity contribution >= 4 is 17.6 Å². The maximum atomic E-state index is 13.6. The first-order valence-electron chi connectivity index (χ1n) is 12.3. The Morgan fingerprint density at radius 2 is 1.79 bits per heavy atom. The minimum atomic E-state index is -0.120. The van der Waals surface area contributed by atoms with Crippen LogP contribution in [-0.4, -0.2) is 44.3 Å². The number of hydrogen-bond acceptors (Lipinski definition) is 4. The predicted molar refractivity (Wildman–Crippen MR) is 131 cm³/mol. The van der Waals surface area contributed by atoms with Gasteiger partial charge < -0.3 is 14.8 Å². The van der Waals surface area contributed by atoms with Crippen LogP contribution in [0.5, 0.6) is 0 Å². The van der Waals surface area contributed by atoms with E-state index >= 15 is 0 Å². The Bertz CT molecular complexity index is 1180. The second-order valence-corrected chi connectivity index (χ2v) is 9.33. The van der Waals surface area contributed by atoms with Crippen molar-refractivity contribution in [2.45, 2.75) is 52.0 Å². The van der Waals surface area contributed by atoms with Crippen LogP contribution < -0.4 is 5.32 Å². The summed E-state index contributed by atoms with van der Waals surface area (Å²) in [7, 11) is 0. The first-order chi connectivity index (χ1) is 16.6. The number of imidazole rings is 1. The molecule has 0 bridgehead atoms. The lowest BCUT2D eigenvalue weighted by Gasteiger charge is -2.31. The lowest BCUT2D eigenvalue weighted by Crippen LogP contribution is -2.42. The molecule has 1 saturated heterocycles. The molecule has 1 aromatic carbocycles. The molecule has 5 rings (SSSR count). The number of benzene rings is 1. The van der Waals surface area contributed by atoms with E-state index < -0.39 is 0 Å². The summed E-state index contributed by atoms with van der Waals surface area (Å²) in [5, 5.41) is 2.93. The molecule has 0 radical (unpaired) electrons. The highest BCUT2D eigenvalue weighted by Crippen LogP contribution is 2.29. The average Bonchev–Trinajstić information content (AvgIpc) is 3.04. The van der Waals surface area contributed by atoms with Crippen LogP contribution in [0.2, 0.25) is 0 Å². The number of carbonyl (C=O) groups is 2. The first-order valence-corrected chi connectivity index (χ1v) is 12.3. The number of rotatable bonds is 4. The van der Waals surface area contributed by atoms with Crippen molar-refractivity contribution in [3.8, 4) is 11.4 Å². The predicted octanol–water partition coefficient (Wildman–Crippen LogP) is 4.47. The van der Waals surface area contributed by atoms with Gasteiger partial charge in [-0.25, -0.2) is 9.97 Å². The van der Waals surface area contributed by atoms with Crippen LogP contribution in [-0.2, 0) is 17.8 Å². The maximum Gasteiger partial charge on any atom is 0.274 e. The summed E-state index contributed by atoms with van der Waals surface area (Å²) < 4.78 is 2.25. The number of likely N-dealkylation sites (tertiary alicyclic amines) is 1. The van der Waals surface area contributed by atoms with E-state index in [0.717, 1.165) is 48.5 Å². The highest BCUT2D eigenvalue weighted by molar-refractivity contribution is 5.95. The van der Waals surface area contributed by atoms with Crippen molar-refractivity contribution in [1.29, 1.82) is 0 Å². The minimum absolute atomic E-state index is 0.00737. The van der Waals surface area contributed by atoms with Crippen molar-refractivity contribution in [1.82, 2.24) is 19.4 Å². The highest BCUT2D eigenvalue weighted by atomic mass is 16.2. The molecule has 2 aliphatic rings. The van der Waals surface area contributed by atoms with Gasteiger partial charge in [0.2, 0.25) is 5.91 Å². The quantitative estimate of drug-likeness (QED) is 0.627. The molecule has 34 heavy (non-hydrogen) atoms. The fourth-order valence-corrected chi connectivity index (χ4v) is 5.03. The summed E-state index contributed by atoms with van der Waals surface area (Å²) in [6.07, 6.45) is 7.21. The number of carbonyl (C=O) groups excluding carboxylic acids is 2. The van der Waals surface area contributed by atoms with Crippen LogP contribution in [0, 0.1) is 12.8 Å². The number of pyridine rings is 1. The van der Waals surface area contributed by atoms with Gasteiger partial charge in [-0.1, -0.05) is 36.8 Å². The highest BCUT2D eigenvalue weighted by Gasteiger charge is 2.32. The lowest BCUT2D eigenvalue weighted by atomic mass is 9.95.